The van der Waals surface area contributed by atoms with E-state index in [1.165, 1.54) is 89.9 Å². The number of hydrogen-bond acceptors (Lipinski definition) is 6. The van der Waals surface area contributed by atoms with E-state index in [4.69, 9.17) is 9.47 Å². The first-order valence-electron chi connectivity index (χ1n) is 15.5. The van der Waals surface area contributed by atoms with E-state index in [-0.39, 0.29) is 6.61 Å². The lowest BCUT2D eigenvalue weighted by Crippen LogP contribution is -2.43. The Labute approximate surface area is 232 Å². The van der Waals surface area contributed by atoms with Crippen LogP contribution < -0.4 is 5.32 Å². The number of esters is 2. The summed E-state index contributed by atoms with van der Waals surface area (Å²) < 4.78 is 10.3. The van der Waals surface area contributed by atoms with Crippen LogP contribution in [-0.2, 0) is 23.9 Å². The maximum atomic E-state index is 12.1. The van der Waals surface area contributed by atoms with Gasteiger partial charge < -0.3 is 19.9 Å². The molecule has 0 aliphatic carbocycles. The third-order valence-corrected chi connectivity index (χ3v) is 6.64. The summed E-state index contributed by atoms with van der Waals surface area (Å²) in [6.45, 7) is 4.47. The lowest BCUT2D eigenvalue weighted by Gasteiger charge is -2.14. The number of carbonyl (C=O) groups is 3. The molecule has 0 aliphatic heterocycles. The van der Waals surface area contributed by atoms with Gasteiger partial charge in [0.1, 0.15) is 0 Å². The summed E-state index contributed by atoms with van der Waals surface area (Å²) in [6, 6.07) is -1.15. The van der Waals surface area contributed by atoms with Crippen LogP contribution in [0.15, 0.2) is 12.2 Å². The second-order valence-corrected chi connectivity index (χ2v) is 10.3. The van der Waals surface area contributed by atoms with Gasteiger partial charge in [-0.2, -0.15) is 0 Å². The second-order valence-electron chi connectivity index (χ2n) is 10.3. The number of nitrogens with one attached hydrogen (secondary N) is 1. The van der Waals surface area contributed by atoms with Gasteiger partial charge in [0, 0.05) is 12.2 Å². The van der Waals surface area contributed by atoms with Crippen LogP contribution in [0.4, 0.5) is 0 Å². The fourth-order valence-electron chi connectivity index (χ4n) is 4.22. The SMILES string of the molecule is CCCCCCCCCCCCOC(=O)C=CC(=O)NC(CO)C(=O)OCCCCCCCCCCCC. The predicted octanol–water partition coefficient (Wildman–Crippen LogP) is 6.95. The number of unbranched alkanes of at least 4 members (excludes halogenated alkanes) is 18. The molecule has 1 atom stereocenters. The highest BCUT2D eigenvalue weighted by molar-refractivity contribution is 5.96. The van der Waals surface area contributed by atoms with Crippen LogP contribution in [0.25, 0.3) is 0 Å². The molecule has 0 saturated carbocycles. The number of aliphatic hydroxyl groups excluding tert-OH is 1. The average molecular weight is 540 g/mol. The zero-order valence-electron chi connectivity index (χ0n) is 24.5. The summed E-state index contributed by atoms with van der Waals surface area (Å²) in [4.78, 5) is 35.9. The van der Waals surface area contributed by atoms with E-state index in [1.54, 1.807) is 0 Å². The third kappa shape index (κ3) is 24.4. The number of ether oxygens (including phenoxy) is 2. The van der Waals surface area contributed by atoms with Crippen molar-refractivity contribution in [3.63, 3.8) is 0 Å². The molecule has 38 heavy (non-hydrogen) atoms. The van der Waals surface area contributed by atoms with E-state index in [9.17, 15) is 19.5 Å². The second kappa shape index (κ2) is 28.1. The van der Waals surface area contributed by atoms with E-state index in [0.29, 0.717) is 6.61 Å². The van der Waals surface area contributed by atoms with Crippen LogP contribution in [0.1, 0.15) is 142 Å². The molecule has 0 aliphatic rings. The molecule has 0 spiro atoms. The summed E-state index contributed by atoms with van der Waals surface area (Å²) in [5.74, 6) is -1.93. The molecule has 0 aromatic carbocycles. The van der Waals surface area contributed by atoms with Crippen LogP contribution in [0.5, 0.6) is 0 Å². The number of aliphatic hydroxyl groups is 1. The van der Waals surface area contributed by atoms with Gasteiger partial charge >= 0.3 is 11.9 Å². The average Bonchev–Trinajstić information content (AvgIpc) is 2.92. The predicted molar refractivity (Wildman–Crippen MR) is 154 cm³/mol. The van der Waals surface area contributed by atoms with Gasteiger partial charge in [0.2, 0.25) is 5.91 Å². The number of rotatable bonds is 27. The number of amides is 1. The minimum Gasteiger partial charge on any atom is -0.464 e. The Morgan fingerprint density at radius 3 is 1.42 bits per heavy atom. The zero-order chi connectivity index (χ0) is 28.1. The summed E-state index contributed by atoms with van der Waals surface area (Å²) in [5, 5.41) is 11.8. The molecule has 0 aromatic rings. The molecular formula is C31H57NO6. The van der Waals surface area contributed by atoms with E-state index in [2.05, 4.69) is 19.2 Å². The van der Waals surface area contributed by atoms with Gasteiger partial charge in [-0.15, -0.1) is 0 Å². The van der Waals surface area contributed by atoms with Gasteiger partial charge in [-0.1, -0.05) is 129 Å². The Morgan fingerprint density at radius 2 is 1.00 bits per heavy atom. The van der Waals surface area contributed by atoms with E-state index in [0.717, 1.165) is 50.7 Å². The van der Waals surface area contributed by atoms with E-state index < -0.39 is 30.5 Å². The molecule has 0 saturated heterocycles. The molecule has 0 radical (unpaired) electrons. The van der Waals surface area contributed by atoms with Crippen molar-refractivity contribution in [1.29, 1.82) is 0 Å². The van der Waals surface area contributed by atoms with Gasteiger partial charge in [-0.05, 0) is 12.8 Å². The molecular weight excluding hydrogens is 482 g/mol. The fourth-order valence-corrected chi connectivity index (χ4v) is 4.22. The molecule has 0 heterocycles. The van der Waals surface area contributed by atoms with Crippen molar-refractivity contribution < 1.29 is 29.0 Å². The van der Waals surface area contributed by atoms with Crippen LogP contribution in [0, 0.1) is 0 Å². The molecule has 2 N–H and O–H groups in total. The summed E-state index contributed by atoms with van der Waals surface area (Å²) in [6.07, 6.45) is 25.9. The molecule has 1 unspecified atom stereocenters. The molecule has 1 amide bonds. The Balaban J connectivity index is 3.80. The van der Waals surface area contributed by atoms with Crippen molar-refractivity contribution in [3.8, 4) is 0 Å². The van der Waals surface area contributed by atoms with E-state index >= 15 is 0 Å². The van der Waals surface area contributed by atoms with Gasteiger partial charge in [0.15, 0.2) is 6.04 Å². The normalized spacial score (nSPS) is 12.0. The summed E-state index contributed by atoms with van der Waals surface area (Å²) >= 11 is 0. The largest absolute Gasteiger partial charge is 0.464 e. The first-order valence-corrected chi connectivity index (χ1v) is 15.5. The Morgan fingerprint density at radius 1 is 0.605 bits per heavy atom. The minimum atomic E-state index is -1.15. The van der Waals surface area contributed by atoms with Gasteiger partial charge in [0.05, 0.1) is 19.8 Å². The highest BCUT2D eigenvalue weighted by atomic mass is 16.5. The van der Waals surface area contributed by atoms with Gasteiger partial charge in [-0.3, -0.25) is 4.79 Å². The molecule has 0 aromatic heterocycles. The Kier molecular flexibility index (Phi) is 26.7. The van der Waals surface area contributed by atoms with Crippen LogP contribution in [0.2, 0.25) is 0 Å². The first-order chi connectivity index (χ1) is 18.5. The highest BCUT2D eigenvalue weighted by Gasteiger charge is 2.20. The Bertz CT molecular complexity index is 607. The minimum absolute atomic E-state index is 0.267. The monoisotopic (exact) mass is 539 g/mol. The number of hydrogen-bond donors (Lipinski definition) is 2. The Hall–Kier alpha value is -1.89. The fraction of sp³-hybridized carbons (Fsp3) is 0.839. The summed E-state index contributed by atoms with van der Waals surface area (Å²) in [7, 11) is 0. The standard InChI is InChI=1S/C31H57NO6/c1-3-5-7-9-11-13-15-17-19-21-25-37-30(35)24-23-29(34)32-28(27-33)31(36)38-26-22-20-18-16-14-12-10-8-6-4-2/h23-24,28,33H,3-22,25-27H2,1-2H3,(H,32,34). The molecule has 0 bridgehead atoms. The first kappa shape index (κ1) is 36.1. The maximum absolute atomic E-state index is 12.1. The molecule has 0 fully saturated rings. The van der Waals surface area contributed by atoms with Crippen molar-refractivity contribution in [1.82, 2.24) is 5.32 Å². The van der Waals surface area contributed by atoms with Crippen LogP contribution >= 0.6 is 0 Å². The molecule has 7 heteroatoms. The van der Waals surface area contributed by atoms with Crippen molar-refractivity contribution in [3.05, 3.63) is 12.2 Å². The van der Waals surface area contributed by atoms with Crippen LogP contribution in [0.3, 0.4) is 0 Å². The summed E-state index contributed by atoms with van der Waals surface area (Å²) in [5.41, 5.74) is 0. The van der Waals surface area contributed by atoms with Gasteiger partial charge in [-0.25, -0.2) is 9.59 Å². The smallest absolute Gasteiger partial charge is 0.331 e. The van der Waals surface area contributed by atoms with Gasteiger partial charge in [0.25, 0.3) is 0 Å². The lowest BCUT2D eigenvalue weighted by molar-refractivity contribution is -0.148. The van der Waals surface area contributed by atoms with Crippen molar-refractivity contribution in [2.24, 2.45) is 0 Å². The third-order valence-electron chi connectivity index (χ3n) is 6.64. The quantitative estimate of drug-likeness (QED) is 0.0665. The molecule has 0 rings (SSSR count). The zero-order valence-corrected chi connectivity index (χ0v) is 24.5. The highest BCUT2D eigenvalue weighted by Crippen LogP contribution is 2.11. The topological polar surface area (TPSA) is 102 Å². The van der Waals surface area contributed by atoms with Crippen molar-refractivity contribution in [2.45, 2.75) is 148 Å². The van der Waals surface area contributed by atoms with Crippen molar-refractivity contribution in [2.75, 3.05) is 19.8 Å². The maximum Gasteiger partial charge on any atom is 0.331 e. The lowest BCUT2D eigenvalue weighted by atomic mass is 10.1. The molecule has 222 valence electrons. The van der Waals surface area contributed by atoms with Crippen molar-refractivity contribution >= 4 is 17.8 Å². The van der Waals surface area contributed by atoms with Crippen LogP contribution in [-0.4, -0.2) is 48.8 Å². The van der Waals surface area contributed by atoms with E-state index in [1.807, 2.05) is 0 Å². The number of carbonyl (C=O) groups excluding carboxylic acids is 3. The molecule has 7 nitrogen and oxygen atoms in total.